The Labute approximate surface area is 192 Å². The van der Waals surface area contributed by atoms with Crippen LogP contribution in [0.1, 0.15) is 42.6 Å². The van der Waals surface area contributed by atoms with Crippen LogP contribution in [-0.4, -0.2) is 43.3 Å². The van der Waals surface area contributed by atoms with Gasteiger partial charge in [-0.1, -0.05) is 37.6 Å². The van der Waals surface area contributed by atoms with Crippen LogP contribution in [0.25, 0.3) is 6.08 Å². The molecule has 2 aromatic rings. The van der Waals surface area contributed by atoms with Gasteiger partial charge in [0, 0.05) is 11.3 Å². The zero-order valence-corrected chi connectivity index (χ0v) is 18.8. The highest BCUT2D eigenvalue weighted by atomic mass is 16.6. The molecule has 8 heteroatoms. The summed E-state index contributed by atoms with van der Waals surface area (Å²) in [5, 5.41) is 5.15. The van der Waals surface area contributed by atoms with Crippen LogP contribution in [0, 0.1) is 0 Å². The molecule has 1 aliphatic heterocycles. The fourth-order valence-corrected chi connectivity index (χ4v) is 3.05. The molecule has 1 unspecified atom stereocenters. The number of esters is 2. The molecule has 8 nitrogen and oxygen atoms in total. The van der Waals surface area contributed by atoms with Gasteiger partial charge in [-0.3, -0.25) is 4.79 Å². The Bertz CT molecular complexity index is 1020. The summed E-state index contributed by atoms with van der Waals surface area (Å²) < 4.78 is 16.5. The topological polar surface area (TPSA) is 103 Å². The van der Waals surface area contributed by atoms with Gasteiger partial charge in [0.15, 0.2) is 5.60 Å². The molecule has 0 spiro atoms. The summed E-state index contributed by atoms with van der Waals surface area (Å²) in [5.74, 6) is -0.298. The van der Waals surface area contributed by atoms with Crippen molar-refractivity contribution < 1.29 is 28.6 Å². The van der Waals surface area contributed by atoms with E-state index in [2.05, 4.69) is 10.6 Å². The van der Waals surface area contributed by atoms with E-state index >= 15 is 0 Å². The van der Waals surface area contributed by atoms with Gasteiger partial charge in [0.25, 0.3) is 0 Å². The molecule has 0 aliphatic carbocycles. The van der Waals surface area contributed by atoms with E-state index in [0.717, 1.165) is 18.4 Å². The molecule has 1 heterocycles. The van der Waals surface area contributed by atoms with E-state index in [-0.39, 0.29) is 13.2 Å². The summed E-state index contributed by atoms with van der Waals surface area (Å²) in [6.45, 7) is 4.01. The number of hydrogen-bond donors (Lipinski definition) is 2. The van der Waals surface area contributed by atoms with Crippen molar-refractivity contribution in [2.24, 2.45) is 0 Å². The molecule has 3 rings (SSSR count). The van der Waals surface area contributed by atoms with Crippen molar-refractivity contribution in [1.29, 1.82) is 0 Å². The van der Waals surface area contributed by atoms with Gasteiger partial charge in [0.05, 0.1) is 12.2 Å². The number of carbonyl (C=O) groups is 3. The second kappa shape index (κ2) is 11.2. The van der Waals surface area contributed by atoms with Crippen molar-refractivity contribution in [3.8, 4) is 5.75 Å². The number of fused-ring (bicyclic) bond motifs is 1. The lowest BCUT2D eigenvalue weighted by atomic mass is 10.0. The summed E-state index contributed by atoms with van der Waals surface area (Å²) >= 11 is 0. The van der Waals surface area contributed by atoms with Crippen LogP contribution >= 0.6 is 0 Å². The molecule has 2 amide bonds. The van der Waals surface area contributed by atoms with Crippen LogP contribution in [0.5, 0.6) is 5.75 Å². The maximum absolute atomic E-state index is 12.2. The maximum Gasteiger partial charge on any atom is 0.338 e. The highest BCUT2D eigenvalue weighted by Gasteiger charge is 2.29. The molecule has 2 aromatic carbocycles. The first-order valence-corrected chi connectivity index (χ1v) is 10.8. The first-order valence-electron chi connectivity index (χ1n) is 10.8. The van der Waals surface area contributed by atoms with E-state index < -0.39 is 23.6 Å². The quantitative estimate of drug-likeness (QED) is 0.437. The lowest BCUT2D eigenvalue weighted by molar-refractivity contribution is -0.142. The third kappa shape index (κ3) is 7.10. The average Bonchev–Trinajstić information content (AvgIpc) is 2.82. The number of benzene rings is 2. The Morgan fingerprint density at radius 2 is 1.85 bits per heavy atom. The minimum absolute atomic E-state index is 0.0490. The molecule has 0 saturated carbocycles. The third-order valence-electron chi connectivity index (χ3n) is 4.88. The molecule has 1 atom stereocenters. The van der Waals surface area contributed by atoms with E-state index in [9.17, 15) is 14.4 Å². The summed E-state index contributed by atoms with van der Waals surface area (Å²) in [6, 6.07) is 13.4. The summed E-state index contributed by atoms with van der Waals surface area (Å²) in [5.41, 5.74) is 0.961. The normalized spacial score (nSPS) is 16.2. The van der Waals surface area contributed by atoms with E-state index in [0.29, 0.717) is 23.6 Å². The van der Waals surface area contributed by atoms with Gasteiger partial charge in [-0.15, -0.1) is 0 Å². The zero-order valence-electron chi connectivity index (χ0n) is 18.8. The third-order valence-corrected chi connectivity index (χ3v) is 4.88. The Kier molecular flexibility index (Phi) is 8.07. The SMILES string of the molecule is CCCCOC(=O)CNC(=O)Nc1ccc2c(c1)C=CC(C)(COC(=O)c1ccccc1)O2. The second-order valence-corrected chi connectivity index (χ2v) is 7.82. The van der Waals surface area contributed by atoms with Crippen LogP contribution in [0.15, 0.2) is 54.6 Å². The molecular weight excluding hydrogens is 424 g/mol. The van der Waals surface area contributed by atoms with Crippen LogP contribution in [0.4, 0.5) is 10.5 Å². The molecule has 33 heavy (non-hydrogen) atoms. The fraction of sp³-hybridized carbons (Fsp3) is 0.320. The van der Waals surface area contributed by atoms with Crippen molar-refractivity contribution in [2.75, 3.05) is 25.1 Å². The fourth-order valence-electron chi connectivity index (χ4n) is 3.05. The lowest BCUT2D eigenvalue weighted by Gasteiger charge is -2.31. The van der Waals surface area contributed by atoms with Gasteiger partial charge in [-0.25, -0.2) is 9.59 Å². The molecule has 1 aliphatic rings. The van der Waals surface area contributed by atoms with Crippen molar-refractivity contribution in [2.45, 2.75) is 32.3 Å². The highest BCUT2D eigenvalue weighted by Crippen LogP contribution is 2.33. The van der Waals surface area contributed by atoms with Crippen molar-refractivity contribution in [3.63, 3.8) is 0 Å². The summed E-state index contributed by atoms with van der Waals surface area (Å²) in [6.07, 6.45) is 5.37. The zero-order chi connectivity index (χ0) is 23.7. The van der Waals surface area contributed by atoms with Crippen LogP contribution in [-0.2, 0) is 14.3 Å². The average molecular weight is 453 g/mol. The van der Waals surface area contributed by atoms with E-state index in [1.165, 1.54) is 0 Å². The number of urea groups is 1. The first kappa shape index (κ1) is 23.8. The molecule has 174 valence electrons. The summed E-state index contributed by atoms with van der Waals surface area (Å²) in [7, 11) is 0. The Morgan fingerprint density at radius 3 is 2.61 bits per heavy atom. The lowest BCUT2D eigenvalue weighted by Crippen LogP contribution is -2.38. The number of anilines is 1. The van der Waals surface area contributed by atoms with Gasteiger partial charge in [0.2, 0.25) is 0 Å². The predicted molar refractivity (Wildman–Crippen MR) is 124 cm³/mol. The standard InChI is InChI=1S/C25H28N2O6/c1-3-4-14-31-22(28)16-26-24(30)27-20-10-11-21-19(15-20)12-13-25(2,33-21)17-32-23(29)18-8-6-5-7-9-18/h5-13,15H,3-4,14,16-17H2,1-2H3,(H2,26,27,30). The Balaban J connectivity index is 1.51. The van der Waals surface area contributed by atoms with Crippen LogP contribution in [0.3, 0.4) is 0 Å². The number of amides is 2. The number of ether oxygens (including phenoxy) is 3. The molecular formula is C25H28N2O6. The number of carbonyl (C=O) groups excluding carboxylic acids is 3. The largest absolute Gasteiger partial charge is 0.479 e. The van der Waals surface area contributed by atoms with E-state index in [4.69, 9.17) is 14.2 Å². The first-order chi connectivity index (χ1) is 15.9. The molecule has 0 radical (unpaired) electrons. The number of nitrogens with one attached hydrogen (secondary N) is 2. The van der Waals surface area contributed by atoms with Gasteiger partial charge < -0.3 is 24.8 Å². The number of hydrogen-bond acceptors (Lipinski definition) is 6. The minimum atomic E-state index is -0.818. The Hall–Kier alpha value is -3.81. The minimum Gasteiger partial charge on any atom is -0.479 e. The Morgan fingerprint density at radius 1 is 1.06 bits per heavy atom. The molecule has 0 bridgehead atoms. The van der Waals surface area contributed by atoms with Crippen LogP contribution in [0.2, 0.25) is 0 Å². The maximum atomic E-state index is 12.2. The van der Waals surface area contributed by atoms with Crippen molar-refractivity contribution >= 4 is 29.7 Å². The number of unbranched alkanes of at least 4 members (excludes halogenated alkanes) is 1. The van der Waals surface area contributed by atoms with E-state index in [1.807, 2.05) is 32.1 Å². The molecule has 0 saturated heterocycles. The molecule has 0 fully saturated rings. The van der Waals surface area contributed by atoms with Gasteiger partial charge in [-0.2, -0.15) is 0 Å². The summed E-state index contributed by atoms with van der Waals surface area (Å²) in [4.78, 5) is 35.8. The van der Waals surface area contributed by atoms with Crippen molar-refractivity contribution in [1.82, 2.24) is 5.32 Å². The van der Waals surface area contributed by atoms with Crippen molar-refractivity contribution in [3.05, 3.63) is 65.7 Å². The van der Waals surface area contributed by atoms with Gasteiger partial charge in [0.1, 0.15) is 18.9 Å². The second-order valence-electron chi connectivity index (χ2n) is 7.82. The smallest absolute Gasteiger partial charge is 0.338 e. The van der Waals surface area contributed by atoms with E-state index in [1.54, 1.807) is 42.5 Å². The van der Waals surface area contributed by atoms with Gasteiger partial charge >= 0.3 is 18.0 Å². The van der Waals surface area contributed by atoms with Gasteiger partial charge in [-0.05, 0) is 49.8 Å². The molecule has 0 aromatic heterocycles. The monoisotopic (exact) mass is 452 g/mol. The predicted octanol–water partition coefficient (Wildman–Crippen LogP) is 4.17. The molecule has 2 N–H and O–H groups in total. The highest BCUT2D eigenvalue weighted by molar-refractivity contribution is 5.92. The van der Waals surface area contributed by atoms with Crippen LogP contribution < -0.4 is 15.4 Å². The number of rotatable bonds is 9.